The van der Waals surface area contributed by atoms with E-state index >= 15 is 0 Å². The van der Waals surface area contributed by atoms with Gasteiger partial charge in [-0.2, -0.15) is 0 Å². The number of hydrogen-bond donors (Lipinski definition) is 2. The molecule has 1 saturated heterocycles. The van der Waals surface area contributed by atoms with Crippen LogP contribution in [0.3, 0.4) is 0 Å². The number of nitrogens with zero attached hydrogens (tertiary/aromatic N) is 2. The van der Waals surface area contributed by atoms with E-state index in [-0.39, 0.29) is 6.10 Å². The average molecular weight is 334 g/mol. The van der Waals surface area contributed by atoms with Gasteiger partial charge in [-0.3, -0.25) is 4.99 Å². The predicted molar refractivity (Wildman–Crippen MR) is 98.8 cm³/mol. The minimum absolute atomic E-state index is 0.284. The maximum Gasteiger partial charge on any atom is 0.191 e. The van der Waals surface area contributed by atoms with E-state index in [1.807, 2.05) is 14.1 Å². The summed E-state index contributed by atoms with van der Waals surface area (Å²) in [5.41, 5.74) is 2.43. The van der Waals surface area contributed by atoms with Crippen molar-refractivity contribution in [3.05, 3.63) is 29.8 Å². The van der Waals surface area contributed by atoms with Gasteiger partial charge in [-0.25, -0.2) is 0 Å². The number of aliphatic imine (C=N–C) groups is 1. The Bertz CT molecular complexity index is 513. The van der Waals surface area contributed by atoms with E-state index < -0.39 is 0 Å². The van der Waals surface area contributed by atoms with E-state index in [1.165, 1.54) is 11.3 Å². The zero-order valence-electron chi connectivity index (χ0n) is 15.0. The second-order valence-corrected chi connectivity index (χ2v) is 6.13. The first kappa shape index (κ1) is 18.5. The van der Waals surface area contributed by atoms with Crippen LogP contribution in [0.5, 0.6) is 0 Å². The molecule has 1 fully saturated rings. The zero-order valence-corrected chi connectivity index (χ0v) is 15.0. The first-order valence-corrected chi connectivity index (χ1v) is 8.59. The molecule has 0 spiro atoms. The molecule has 0 aliphatic carbocycles. The van der Waals surface area contributed by atoms with E-state index in [0.717, 1.165) is 51.7 Å². The highest BCUT2D eigenvalue weighted by Gasteiger charge is 2.15. The molecule has 0 radical (unpaired) electrons. The molecule has 1 aliphatic rings. The van der Waals surface area contributed by atoms with Crippen LogP contribution in [-0.2, 0) is 16.0 Å². The average Bonchev–Trinajstić information content (AvgIpc) is 3.11. The Morgan fingerprint density at radius 2 is 2.25 bits per heavy atom. The lowest BCUT2D eigenvalue weighted by Gasteiger charge is -2.15. The highest BCUT2D eigenvalue weighted by Crippen LogP contribution is 2.13. The van der Waals surface area contributed by atoms with Gasteiger partial charge in [0.2, 0.25) is 0 Å². The minimum atomic E-state index is 0.284. The van der Waals surface area contributed by atoms with E-state index in [4.69, 9.17) is 9.47 Å². The second kappa shape index (κ2) is 10.2. The monoisotopic (exact) mass is 334 g/mol. The number of ether oxygens (including phenoxy) is 2. The van der Waals surface area contributed by atoms with Crippen molar-refractivity contribution in [2.45, 2.75) is 25.5 Å². The van der Waals surface area contributed by atoms with Crippen LogP contribution >= 0.6 is 0 Å². The Kier molecular flexibility index (Phi) is 7.85. The molecule has 1 heterocycles. The second-order valence-electron chi connectivity index (χ2n) is 6.13. The van der Waals surface area contributed by atoms with Gasteiger partial charge >= 0.3 is 0 Å². The lowest BCUT2D eigenvalue weighted by molar-refractivity contribution is 0.0420. The fourth-order valence-corrected chi connectivity index (χ4v) is 2.52. The Morgan fingerprint density at radius 1 is 1.38 bits per heavy atom. The van der Waals surface area contributed by atoms with E-state index in [1.54, 1.807) is 7.05 Å². The van der Waals surface area contributed by atoms with Gasteiger partial charge in [0.05, 0.1) is 12.7 Å². The van der Waals surface area contributed by atoms with Gasteiger partial charge in [0.25, 0.3) is 0 Å². The van der Waals surface area contributed by atoms with Crippen molar-refractivity contribution in [2.24, 2.45) is 4.99 Å². The molecule has 2 rings (SSSR count). The molecule has 0 saturated carbocycles. The molecule has 24 heavy (non-hydrogen) atoms. The Balaban J connectivity index is 1.64. The fraction of sp³-hybridized carbons (Fsp3) is 0.611. The molecule has 6 heteroatoms. The largest absolute Gasteiger partial charge is 0.379 e. The summed E-state index contributed by atoms with van der Waals surface area (Å²) in [5, 5.41) is 6.66. The third kappa shape index (κ3) is 6.37. The summed E-state index contributed by atoms with van der Waals surface area (Å²) in [7, 11) is 5.89. The minimum Gasteiger partial charge on any atom is -0.379 e. The SMILES string of the molecule is CN=C(NCCCOC1CCOC1)NCc1cccc(N(C)C)c1. The summed E-state index contributed by atoms with van der Waals surface area (Å²) >= 11 is 0. The molecule has 1 aromatic rings. The lowest BCUT2D eigenvalue weighted by Crippen LogP contribution is -2.37. The molecular weight excluding hydrogens is 304 g/mol. The number of guanidine groups is 1. The summed E-state index contributed by atoms with van der Waals surface area (Å²) in [5.74, 6) is 0.814. The topological polar surface area (TPSA) is 58.1 Å². The standard InChI is InChI=1S/C18H30N4O2/c1-19-18(20-9-5-10-24-17-8-11-23-14-17)21-13-15-6-4-7-16(12-15)22(2)3/h4,6-7,12,17H,5,8-11,13-14H2,1-3H3,(H2,19,20,21). The summed E-state index contributed by atoms with van der Waals surface area (Å²) < 4.78 is 11.0. The predicted octanol–water partition coefficient (Wildman–Crippen LogP) is 1.61. The first-order chi connectivity index (χ1) is 11.7. The molecule has 6 nitrogen and oxygen atoms in total. The van der Waals surface area contributed by atoms with E-state index in [0.29, 0.717) is 0 Å². The van der Waals surface area contributed by atoms with Gasteiger partial charge in [-0.05, 0) is 30.5 Å². The molecule has 1 aliphatic heterocycles. The van der Waals surface area contributed by atoms with Gasteiger partial charge in [0.15, 0.2) is 5.96 Å². The smallest absolute Gasteiger partial charge is 0.191 e. The number of hydrogen-bond acceptors (Lipinski definition) is 4. The Hall–Kier alpha value is -1.79. The van der Waals surface area contributed by atoms with Gasteiger partial charge in [0.1, 0.15) is 0 Å². The third-order valence-electron chi connectivity index (χ3n) is 3.97. The van der Waals surface area contributed by atoms with Crippen LogP contribution in [0.4, 0.5) is 5.69 Å². The first-order valence-electron chi connectivity index (χ1n) is 8.59. The van der Waals surface area contributed by atoms with E-state index in [2.05, 4.69) is 44.8 Å². The maximum atomic E-state index is 5.75. The van der Waals surface area contributed by atoms with Crippen LogP contribution < -0.4 is 15.5 Å². The van der Waals surface area contributed by atoms with Gasteiger partial charge in [-0.15, -0.1) is 0 Å². The summed E-state index contributed by atoms with van der Waals surface area (Å²) in [6.07, 6.45) is 2.25. The summed E-state index contributed by atoms with van der Waals surface area (Å²) in [6, 6.07) is 8.47. The van der Waals surface area contributed by atoms with Crippen LogP contribution in [-0.4, -0.2) is 59.6 Å². The maximum absolute atomic E-state index is 5.75. The molecule has 134 valence electrons. The van der Waals surface area contributed by atoms with Crippen LogP contribution in [0.2, 0.25) is 0 Å². The molecule has 0 aromatic heterocycles. The summed E-state index contributed by atoms with van der Waals surface area (Å²) in [6.45, 7) is 3.91. The van der Waals surface area contributed by atoms with Crippen molar-refractivity contribution in [1.82, 2.24) is 10.6 Å². The van der Waals surface area contributed by atoms with Crippen molar-refractivity contribution in [3.63, 3.8) is 0 Å². The van der Waals surface area contributed by atoms with Gasteiger partial charge in [0, 0.05) is 53.1 Å². The van der Waals surface area contributed by atoms with Gasteiger partial charge in [-0.1, -0.05) is 12.1 Å². The van der Waals surface area contributed by atoms with Crippen LogP contribution in [0.15, 0.2) is 29.3 Å². The highest BCUT2D eigenvalue weighted by atomic mass is 16.5. The van der Waals surface area contributed by atoms with Crippen molar-refractivity contribution in [1.29, 1.82) is 0 Å². The van der Waals surface area contributed by atoms with Gasteiger partial charge < -0.3 is 25.0 Å². The number of anilines is 1. The fourth-order valence-electron chi connectivity index (χ4n) is 2.52. The quantitative estimate of drug-likeness (QED) is 0.430. The normalized spacial score (nSPS) is 17.8. The molecule has 1 atom stereocenters. The van der Waals surface area contributed by atoms with Crippen molar-refractivity contribution >= 4 is 11.6 Å². The molecule has 0 bridgehead atoms. The highest BCUT2D eigenvalue weighted by molar-refractivity contribution is 5.79. The van der Waals surface area contributed by atoms with E-state index in [9.17, 15) is 0 Å². The lowest BCUT2D eigenvalue weighted by atomic mass is 10.2. The molecule has 2 N–H and O–H groups in total. The van der Waals surface area contributed by atoms with Crippen molar-refractivity contribution < 1.29 is 9.47 Å². The zero-order chi connectivity index (χ0) is 17.2. The number of nitrogens with one attached hydrogen (secondary N) is 2. The Labute approximate surface area is 145 Å². The number of benzene rings is 1. The van der Waals surface area contributed by atoms with Crippen LogP contribution in [0.1, 0.15) is 18.4 Å². The third-order valence-corrected chi connectivity index (χ3v) is 3.97. The van der Waals surface area contributed by atoms with Crippen LogP contribution in [0.25, 0.3) is 0 Å². The van der Waals surface area contributed by atoms with Crippen molar-refractivity contribution in [2.75, 3.05) is 52.4 Å². The molecule has 0 amide bonds. The molecule has 1 unspecified atom stereocenters. The van der Waals surface area contributed by atoms with Crippen LogP contribution in [0, 0.1) is 0 Å². The summed E-state index contributed by atoms with van der Waals surface area (Å²) in [4.78, 5) is 6.36. The molecular formula is C18H30N4O2. The Morgan fingerprint density at radius 3 is 2.96 bits per heavy atom. The number of rotatable bonds is 8. The molecule has 1 aromatic carbocycles. The van der Waals surface area contributed by atoms with Crippen molar-refractivity contribution in [3.8, 4) is 0 Å².